The van der Waals surface area contributed by atoms with Crippen LogP contribution in [0.4, 0.5) is 24.5 Å². The molecule has 0 aliphatic carbocycles. The topological polar surface area (TPSA) is 32.3 Å². The number of amides is 1. The predicted molar refractivity (Wildman–Crippen MR) is 119 cm³/mol. The molecule has 1 saturated heterocycles. The second kappa shape index (κ2) is 8.56. The fraction of sp³-hybridized carbons (Fsp3) is 0.480. The van der Waals surface area contributed by atoms with E-state index in [1.54, 1.807) is 12.1 Å². The van der Waals surface area contributed by atoms with E-state index in [9.17, 15) is 18.0 Å². The van der Waals surface area contributed by atoms with Gasteiger partial charge in [0.2, 0.25) is 5.91 Å². The second-order valence-corrected chi connectivity index (χ2v) is 9.71. The summed E-state index contributed by atoms with van der Waals surface area (Å²) in [6, 6.07) is 9.66. The van der Waals surface area contributed by atoms with Crippen molar-refractivity contribution in [2.45, 2.75) is 66.1 Å². The van der Waals surface area contributed by atoms with Gasteiger partial charge in [-0.05, 0) is 73.1 Å². The number of hydrogen-bond donors (Lipinski definition) is 1. The van der Waals surface area contributed by atoms with Crippen LogP contribution in [-0.4, -0.2) is 12.5 Å². The summed E-state index contributed by atoms with van der Waals surface area (Å²) in [5, 5.41) is 3.05. The molecule has 0 saturated carbocycles. The molecule has 168 valence electrons. The van der Waals surface area contributed by atoms with Crippen molar-refractivity contribution in [1.29, 1.82) is 0 Å². The Labute approximate surface area is 182 Å². The Hall–Kier alpha value is -2.50. The molecule has 0 bridgehead atoms. The van der Waals surface area contributed by atoms with Crippen LogP contribution in [0.2, 0.25) is 0 Å². The Morgan fingerprint density at radius 1 is 1.06 bits per heavy atom. The first-order valence-corrected chi connectivity index (χ1v) is 10.7. The van der Waals surface area contributed by atoms with Crippen LogP contribution in [0.5, 0.6) is 0 Å². The molecule has 1 aliphatic rings. The summed E-state index contributed by atoms with van der Waals surface area (Å²) in [5.41, 5.74) is 4.02. The molecule has 2 aromatic carbocycles. The standard InChI is InChI=1S/C25H31F3N2O/c1-16-13-20(14-17(2)23(16)29-22(31)15-24(3,4)5)30-12-6-7-21(30)18-8-10-19(11-9-18)25(26,27)28/h8-11,13-14,21H,6-7,12,15H2,1-5H3,(H,29,31). The minimum Gasteiger partial charge on any atom is -0.364 e. The molecular formula is C25H31F3N2O. The highest BCUT2D eigenvalue weighted by atomic mass is 19.4. The van der Waals surface area contributed by atoms with E-state index >= 15 is 0 Å². The van der Waals surface area contributed by atoms with Crippen molar-refractivity contribution in [3.05, 3.63) is 58.7 Å². The first kappa shape index (κ1) is 23.2. The smallest absolute Gasteiger partial charge is 0.364 e. The fourth-order valence-corrected chi connectivity index (χ4v) is 4.29. The van der Waals surface area contributed by atoms with E-state index in [4.69, 9.17) is 0 Å². The zero-order valence-corrected chi connectivity index (χ0v) is 18.9. The van der Waals surface area contributed by atoms with Crippen molar-refractivity contribution in [2.24, 2.45) is 5.41 Å². The van der Waals surface area contributed by atoms with Crippen LogP contribution in [0.25, 0.3) is 0 Å². The number of anilines is 2. The van der Waals surface area contributed by atoms with Crippen LogP contribution in [0, 0.1) is 19.3 Å². The number of nitrogens with zero attached hydrogens (tertiary/aromatic N) is 1. The molecule has 3 nitrogen and oxygen atoms in total. The molecule has 1 amide bonds. The lowest BCUT2D eigenvalue weighted by atomic mass is 9.92. The maximum atomic E-state index is 12.9. The van der Waals surface area contributed by atoms with Gasteiger partial charge >= 0.3 is 6.18 Å². The SMILES string of the molecule is Cc1cc(N2CCCC2c2ccc(C(F)(F)F)cc2)cc(C)c1NC(=O)CC(C)(C)C. The average Bonchev–Trinajstić information content (AvgIpc) is 3.12. The van der Waals surface area contributed by atoms with Crippen molar-refractivity contribution in [3.8, 4) is 0 Å². The predicted octanol–water partition coefficient (Wildman–Crippen LogP) is 7.04. The first-order valence-electron chi connectivity index (χ1n) is 10.7. The van der Waals surface area contributed by atoms with Crippen LogP contribution in [0.3, 0.4) is 0 Å². The van der Waals surface area contributed by atoms with Gasteiger partial charge in [0.1, 0.15) is 0 Å². The summed E-state index contributed by atoms with van der Waals surface area (Å²) in [6.07, 6.45) is -2.01. The van der Waals surface area contributed by atoms with E-state index in [1.807, 2.05) is 34.6 Å². The summed E-state index contributed by atoms with van der Waals surface area (Å²) in [7, 11) is 0. The molecular weight excluding hydrogens is 401 g/mol. The van der Waals surface area contributed by atoms with E-state index < -0.39 is 11.7 Å². The lowest BCUT2D eigenvalue weighted by Gasteiger charge is -2.29. The van der Waals surface area contributed by atoms with Crippen molar-refractivity contribution >= 4 is 17.3 Å². The summed E-state index contributed by atoms with van der Waals surface area (Å²) >= 11 is 0. The highest BCUT2D eigenvalue weighted by Crippen LogP contribution is 2.39. The Bertz CT molecular complexity index is 920. The van der Waals surface area contributed by atoms with Gasteiger partial charge < -0.3 is 10.2 Å². The third kappa shape index (κ3) is 5.60. The van der Waals surface area contributed by atoms with Gasteiger partial charge in [-0.1, -0.05) is 32.9 Å². The van der Waals surface area contributed by atoms with Gasteiger partial charge in [-0.2, -0.15) is 13.2 Å². The molecule has 0 aromatic heterocycles. The Morgan fingerprint density at radius 2 is 1.65 bits per heavy atom. The maximum absolute atomic E-state index is 12.9. The first-order chi connectivity index (χ1) is 14.3. The molecule has 6 heteroatoms. The zero-order chi connectivity index (χ0) is 23.0. The molecule has 1 atom stereocenters. The van der Waals surface area contributed by atoms with E-state index in [0.717, 1.165) is 59.6 Å². The summed E-state index contributed by atoms with van der Waals surface area (Å²) in [5.74, 6) is -0.00439. The molecule has 3 rings (SSSR count). The molecule has 2 aromatic rings. The van der Waals surface area contributed by atoms with Crippen LogP contribution in [0.1, 0.15) is 68.3 Å². The molecule has 0 spiro atoms. The second-order valence-electron chi connectivity index (χ2n) is 9.71. The van der Waals surface area contributed by atoms with E-state index in [-0.39, 0.29) is 17.4 Å². The summed E-state index contributed by atoms with van der Waals surface area (Å²) in [4.78, 5) is 14.7. The van der Waals surface area contributed by atoms with E-state index in [1.165, 1.54) is 0 Å². The highest BCUT2D eigenvalue weighted by molar-refractivity contribution is 5.93. The van der Waals surface area contributed by atoms with Gasteiger partial charge in [0.25, 0.3) is 0 Å². The number of rotatable bonds is 4. The summed E-state index contributed by atoms with van der Waals surface area (Å²) in [6.45, 7) is 10.9. The zero-order valence-electron chi connectivity index (χ0n) is 18.9. The van der Waals surface area contributed by atoms with Crippen molar-refractivity contribution in [1.82, 2.24) is 0 Å². The Morgan fingerprint density at radius 3 is 2.16 bits per heavy atom. The van der Waals surface area contributed by atoms with Gasteiger partial charge in [-0.25, -0.2) is 0 Å². The number of alkyl halides is 3. The normalized spacial score (nSPS) is 17.2. The lowest BCUT2D eigenvalue weighted by Crippen LogP contribution is -2.24. The number of aryl methyl sites for hydroxylation is 2. The minimum absolute atomic E-state index is 0.00439. The quantitative estimate of drug-likeness (QED) is 0.562. The largest absolute Gasteiger partial charge is 0.416 e. The van der Waals surface area contributed by atoms with Crippen molar-refractivity contribution in [3.63, 3.8) is 0 Å². The molecule has 1 heterocycles. The number of nitrogens with one attached hydrogen (secondary N) is 1. The van der Waals surface area contributed by atoms with Gasteiger partial charge in [-0.15, -0.1) is 0 Å². The number of hydrogen-bond acceptors (Lipinski definition) is 2. The van der Waals surface area contributed by atoms with E-state index in [0.29, 0.717) is 6.42 Å². The highest BCUT2D eigenvalue weighted by Gasteiger charge is 2.32. The van der Waals surface area contributed by atoms with E-state index in [2.05, 4.69) is 22.3 Å². The van der Waals surface area contributed by atoms with Gasteiger partial charge in [0.05, 0.1) is 11.6 Å². The van der Waals surface area contributed by atoms with Crippen molar-refractivity contribution in [2.75, 3.05) is 16.8 Å². The minimum atomic E-state index is -4.32. The Kier molecular flexibility index (Phi) is 6.40. The Balaban J connectivity index is 1.82. The lowest BCUT2D eigenvalue weighted by molar-refractivity contribution is -0.137. The van der Waals surface area contributed by atoms with Gasteiger partial charge in [0.15, 0.2) is 0 Å². The third-order valence-corrected chi connectivity index (χ3v) is 5.68. The number of benzene rings is 2. The molecule has 31 heavy (non-hydrogen) atoms. The van der Waals surface area contributed by atoms with Crippen LogP contribution >= 0.6 is 0 Å². The molecule has 1 unspecified atom stereocenters. The molecule has 0 radical (unpaired) electrons. The number of carbonyl (C=O) groups is 1. The number of halogens is 3. The summed E-state index contributed by atoms with van der Waals surface area (Å²) < 4.78 is 38.7. The van der Waals surface area contributed by atoms with Crippen molar-refractivity contribution < 1.29 is 18.0 Å². The molecule has 1 fully saturated rings. The maximum Gasteiger partial charge on any atom is 0.416 e. The number of carbonyl (C=O) groups excluding carboxylic acids is 1. The average molecular weight is 433 g/mol. The molecule has 1 aliphatic heterocycles. The van der Waals surface area contributed by atoms with Crippen LogP contribution in [-0.2, 0) is 11.0 Å². The monoisotopic (exact) mass is 432 g/mol. The van der Waals surface area contributed by atoms with Crippen LogP contribution < -0.4 is 10.2 Å². The van der Waals surface area contributed by atoms with Gasteiger partial charge in [0, 0.05) is 24.3 Å². The third-order valence-electron chi connectivity index (χ3n) is 5.68. The molecule has 1 N–H and O–H groups in total. The fourth-order valence-electron chi connectivity index (χ4n) is 4.29. The van der Waals surface area contributed by atoms with Gasteiger partial charge in [-0.3, -0.25) is 4.79 Å². The van der Waals surface area contributed by atoms with Crippen LogP contribution in [0.15, 0.2) is 36.4 Å².